The highest BCUT2D eigenvalue weighted by Crippen LogP contribution is 2.21. The number of benzene rings is 1. The highest BCUT2D eigenvalue weighted by molar-refractivity contribution is 9.10. The Kier molecular flexibility index (Phi) is 5.96. The van der Waals surface area contributed by atoms with Gasteiger partial charge in [0.05, 0.1) is 12.7 Å². The van der Waals surface area contributed by atoms with Gasteiger partial charge in [-0.3, -0.25) is 4.90 Å². The molecule has 0 aliphatic carbocycles. The standard InChI is InChI=1S/C15H22BrFN2O/c1-2-5-19-6-7-20-15(10-19)14(18)8-11-3-4-12(17)9-13(11)16/h3-4,9,14-15H,2,5-8,10,18H2,1H3. The SMILES string of the molecule is CCCN1CCOC(C(N)Cc2ccc(F)cc2Br)C1. The predicted molar refractivity (Wildman–Crippen MR) is 82.3 cm³/mol. The molecule has 0 bridgehead atoms. The number of ether oxygens (including phenoxy) is 1. The van der Waals surface area contributed by atoms with Crippen LogP contribution in [-0.2, 0) is 11.2 Å². The first-order valence-corrected chi connectivity index (χ1v) is 7.93. The van der Waals surface area contributed by atoms with Crippen LogP contribution in [-0.4, -0.2) is 43.3 Å². The number of rotatable bonds is 5. The van der Waals surface area contributed by atoms with Crippen molar-refractivity contribution < 1.29 is 9.13 Å². The molecule has 1 aromatic rings. The van der Waals surface area contributed by atoms with Gasteiger partial charge in [-0.2, -0.15) is 0 Å². The summed E-state index contributed by atoms with van der Waals surface area (Å²) in [6, 6.07) is 4.66. The van der Waals surface area contributed by atoms with Gasteiger partial charge in [0.2, 0.25) is 0 Å². The van der Waals surface area contributed by atoms with Gasteiger partial charge in [0, 0.05) is 23.6 Å². The fourth-order valence-corrected chi connectivity index (χ4v) is 3.10. The van der Waals surface area contributed by atoms with Crippen LogP contribution in [0.2, 0.25) is 0 Å². The minimum absolute atomic E-state index is 0.0484. The summed E-state index contributed by atoms with van der Waals surface area (Å²) in [5.41, 5.74) is 7.30. The van der Waals surface area contributed by atoms with Crippen molar-refractivity contribution in [3.8, 4) is 0 Å². The monoisotopic (exact) mass is 344 g/mol. The van der Waals surface area contributed by atoms with Crippen molar-refractivity contribution in [1.82, 2.24) is 4.90 Å². The number of hydrogen-bond donors (Lipinski definition) is 1. The van der Waals surface area contributed by atoms with Crippen molar-refractivity contribution >= 4 is 15.9 Å². The summed E-state index contributed by atoms with van der Waals surface area (Å²) < 4.78 is 19.7. The minimum Gasteiger partial charge on any atom is -0.374 e. The van der Waals surface area contributed by atoms with E-state index < -0.39 is 0 Å². The van der Waals surface area contributed by atoms with E-state index in [1.54, 1.807) is 6.07 Å². The van der Waals surface area contributed by atoms with Crippen LogP contribution in [0.3, 0.4) is 0 Å². The lowest BCUT2D eigenvalue weighted by atomic mass is 10.0. The number of nitrogens with two attached hydrogens (primary N) is 1. The fraction of sp³-hybridized carbons (Fsp3) is 0.600. The third-order valence-electron chi connectivity index (χ3n) is 3.67. The molecule has 3 nitrogen and oxygen atoms in total. The number of halogens is 2. The van der Waals surface area contributed by atoms with E-state index in [1.165, 1.54) is 12.1 Å². The molecule has 1 heterocycles. The molecule has 0 saturated carbocycles. The van der Waals surface area contributed by atoms with Crippen LogP contribution in [0, 0.1) is 5.82 Å². The van der Waals surface area contributed by atoms with Gasteiger partial charge in [-0.15, -0.1) is 0 Å². The summed E-state index contributed by atoms with van der Waals surface area (Å²) in [5.74, 6) is -0.239. The zero-order valence-corrected chi connectivity index (χ0v) is 13.4. The molecule has 2 N–H and O–H groups in total. The Morgan fingerprint density at radius 3 is 3.05 bits per heavy atom. The second kappa shape index (κ2) is 7.50. The normalized spacial score (nSPS) is 21.9. The largest absolute Gasteiger partial charge is 0.374 e. The molecule has 0 aromatic heterocycles. The Bertz CT molecular complexity index is 442. The Labute approximate surface area is 128 Å². The van der Waals surface area contributed by atoms with E-state index in [2.05, 4.69) is 27.8 Å². The maximum absolute atomic E-state index is 13.1. The van der Waals surface area contributed by atoms with Crippen molar-refractivity contribution in [3.05, 3.63) is 34.1 Å². The zero-order valence-electron chi connectivity index (χ0n) is 11.8. The zero-order chi connectivity index (χ0) is 14.5. The summed E-state index contributed by atoms with van der Waals surface area (Å²) in [5, 5.41) is 0. The number of hydrogen-bond acceptors (Lipinski definition) is 3. The van der Waals surface area contributed by atoms with Gasteiger partial charge in [-0.05, 0) is 37.1 Å². The second-order valence-corrected chi connectivity index (χ2v) is 6.17. The van der Waals surface area contributed by atoms with E-state index >= 15 is 0 Å². The van der Waals surface area contributed by atoms with Gasteiger partial charge in [0.1, 0.15) is 5.82 Å². The lowest BCUT2D eigenvalue weighted by Gasteiger charge is -2.35. The third kappa shape index (κ3) is 4.25. The molecule has 0 spiro atoms. The summed E-state index contributed by atoms with van der Waals surface area (Å²) in [7, 11) is 0. The van der Waals surface area contributed by atoms with Gasteiger partial charge < -0.3 is 10.5 Å². The van der Waals surface area contributed by atoms with Crippen molar-refractivity contribution in [2.45, 2.75) is 31.9 Å². The van der Waals surface area contributed by atoms with Crippen molar-refractivity contribution in [2.24, 2.45) is 5.73 Å². The quantitative estimate of drug-likeness (QED) is 0.892. The molecule has 0 radical (unpaired) electrons. The Balaban J connectivity index is 1.95. The number of nitrogens with zero attached hydrogens (tertiary/aromatic N) is 1. The number of morpholine rings is 1. The minimum atomic E-state index is -0.239. The molecule has 2 unspecified atom stereocenters. The maximum Gasteiger partial charge on any atom is 0.124 e. The first-order chi connectivity index (χ1) is 9.60. The summed E-state index contributed by atoms with van der Waals surface area (Å²) in [6.07, 6.45) is 1.88. The predicted octanol–water partition coefficient (Wildman–Crippen LogP) is 2.57. The van der Waals surface area contributed by atoms with Crippen molar-refractivity contribution in [3.63, 3.8) is 0 Å². The average Bonchev–Trinajstić information content (AvgIpc) is 2.42. The van der Waals surface area contributed by atoms with Crippen LogP contribution in [0.15, 0.2) is 22.7 Å². The van der Waals surface area contributed by atoms with Gasteiger partial charge >= 0.3 is 0 Å². The van der Waals surface area contributed by atoms with Gasteiger partial charge in [-0.1, -0.05) is 28.9 Å². The Morgan fingerprint density at radius 1 is 1.55 bits per heavy atom. The molecule has 5 heteroatoms. The van der Waals surface area contributed by atoms with E-state index in [1.807, 2.05) is 0 Å². The lowest BCUT2D eigenvalue weighted by Crippen LogP contribution is -2.51. The van der Waals surface area contributed by atoms with E-state index in [9.17, 15) is 4.39 Å². The average molecular weight is 345 g/mol. The van der Waals surface area contributed by atoms with Crippen LogP contribution >= 0.6 is 15.9 Å². The molecule has 1 fully saturated rings. The van der Waals surface area contributed by atoms with Gasteiger partial charge in [0.25, 0.3) is 0 Å². The van der Waals surface area contributed by atoms with Crippen molar-refractivity contribution in [2.75, 3.05) is 26.2 Å². The maximum atomic E-state index is 13.1. The van der Waals surface area contributed by atoms with E-state index in [4.69, 9.17) is 10.5 Å². The van der Waals surface area contributed by atoms with E-state index in [-0.39, 0.29) is 18.0 Å². The molecule has 0 amide bonds. The molecular formula is C15H22BrFN2O. The first kappa shape index (κ1) is 15.9. The molecule has 1 aromatic carbocycles. The summed E-state index contributed by atoms with van der Waals surface area (Å²) >= 11 is 3.39. The Morgan fingerprint density at radius 2 is 2.35 bits per heavy atom. The van der Waals surface area contributed by atoms with Crippen molar-refractivity contribution in [1.29, 1.82) is 0 Å². The van der Waals surface area contributed by atoms with Crippen LogP contribution in [0.1, 0.15) is 18.9 Å². The fourth-order valence-electron chi connectivity index (χ4n) is 2.58. The molecule has 112 valence electrons. The molecule has 1 aliphatic rings. The Hall–Kier alpha value is -0.490. The topological polar surface area (TPSA) is 38.5 Å². The van der Waals surface area contributed by atoms with Crippen LogP contribution < -0.4 is 5.73 Å². The lowest BCUT2D eigenvalue weighted by molar-refractivity contribution is -0.0400. The first-order valence-electron chi connectivity index (χ1n) is 7.13. The van der Waals surface area contributed by atoms with Gasteiger partial charge in [-0.25, -0.2) is 4.39 Å². The van der Waals surface area contributed by atoms with Crippen LogP contribution in [0.4, 0.5) is 4.39 Å². The molecule has 2 rings (SSSR count). The highest BCUT2D eigenvalue weighted by atomic mass is 79.9. The van der Waals surface area contributed by atoms with Gasteiger partial charge in [0.15, 0.2) is 0 Å². The molecule has 20 heavy (non-hydrogen) atoms. The van der Waals surface area contributed by atoms with Crippen LogP contribution in [0.25, 0.3) is 0 Å². The second-order valence-electron chi connectivity index (χ2n) is 5.31. The summed E-state index contributed by atoms with van der Waals surface area (Å²) in [6.45, 7) is 5.88. The highest BCUT2D eigenvalue weighted by Gasteiger charge is 2.25. The van der Waals surface area contributed by atoms with E-state index in [0.29, 0.717) is 6.42 Å². The van der Waals surface area contributed by atoms with E-state index in [0.717, 1.165) is 42.7 Å². The molecular weight excluding hydrogens is 323 g/mol. The van der Waals surface area contributed by atoms with Crippen LogP contribution in [0.5, 0.6) is 0 Å². The molecule has 1 aliphatic heterocycles. The smallest absolute Gasteiger partial charge is 0.124 e. The summed E-state index contributed by atoms with van der Waals surface area (Å²) in [4.78, 5) is 2.40. The molecule has 2 atom stereocenters. The molecule has 1 saturated heterocycles. The third-order valence-corrected chi connectivity index (χ3v) is 4.40.